The maximum atomic E-state index is 9.21. The van der Waals surface area contributed by atoms with Gasteiger partial charge in [0.15, 0.2) is 4.73 Å². The van der Waals surface area contributed by atoms with Crippen molar-refractivity contribution in [2.75, 3.05) is 13.1 Å². The molecule has 0 saturated carbocycles. The van der Waals surface area contributed by atoms with E-state index in [1.165, 1.54) is 0 Å². The summed E-state index contributed by atoms with van der Waals surface area (Å²) < 4.78 is 5.56. The van der Waals surface area contributed by atoms with Gasteiger partial charge in [0.05, 0.1) is 0 Å². The van der Waals surface area contributed by atoms with E-state index in [2.05, 4.69) is 53.6 Å². The third-order valence-electron chi connectivity index (χ3n) is 5.68. The molecule has 2 aromatic heterocycles. The lowest BCUT2D eigenvalue weighted by Crippen LogP contribution is -2.42. The summed E-state index contributed by atoms with van der Waals surface area (Å²) in [5, 5.41) is 17.6. The summed E-state index contributed by atoms with van der Waals surface area (Å²) in [6.45, 7) is 3.76. The molecule has 0 bridgehead atoms. The van der Waals surface area contributed by atoms with Crippen LogP contribution in [-0.2, 0) is 4.65 Å². The minimum Gasteiger partial charge on any atom is -0.498 e. The van der Waals surface area contributed by atoms with E-state index in [1.807, 2.05) is 4.81 Å². The molecule has 2 aliphatic heterocycles. The topological polar surface area (TPSA) is 108 Å². The minimum atomic E-state index is -0.311. The Morgan fingerprint density at radius 1 is 1.06 bits per heavy atom. The molecule has 0 aliphatic carbocycles. The first kappa shape index (κ1) is 28.3. The van der Waals surface area contributed by atoms with E-state index in [9.17, 15) is 5.02 Å². The van der Waals surface area contributed by atoms with Crippen LogP contribution >= 0.6 is 15.9 Å². The Morgan fingerprint density at radius 3 is 2.09 bits per heavy atom. The van der Waals surface area contributed by atoms with Crippen LogP contribution in [0.25, 0.3) is 0 Å². The molecular formula is C24H29B2BrN6O2. The first-order chi connectivity index (χ1) is 17.0. The van der Waals surface area contributed by atoms with Gasteiger partial charge in [-0.15, -0.1) is 12.3 Å². The van der Waals surface area contributed by atoms with Gasteiger partial charge in [0.25, 0.3) is 6.26 Å². The van der Waals surface area contributed by atoms with Crippen LogP contribution < -0.4 is 0 Å². The van der Waals surface area contributed by atoms with Crippen molar-refractivity contribution in [2.24, 2.45) is 11.8 Å². The zero-order valence-corrected chi connectivity index (χ0v) is 21.5. The number of piperidine rings is 1. The van der Waals surface area contributed by atoms with Gasteiger partial charge in [0.1, 0.15) is 0 Å². The van der Waals surface area contributed by atoms with Crippen molar-refractivity contribution in [2.45, 2.75) is 45.1 Å². The lowest BCUT2D eigenvalue weighted by atomic mass is 9.54. The summed E-state index contributed by atoms with van der Waals surface area (Å²) >= 11 is 3.09. The average molecular weight is 535 g/mol. The van der Waals surface area contributed by atoms with Crippen LogP contribution in [0.2, 0.25) is 19.5 Å². The number of hydrogen-bond donors (Lipinski definition) is 1. The van der Waals surface area contributed by atoms with Crippen LogP contribution in [0.1, 0.15) is 31.5 Å². The lowest BCUT2D eigenvalue weighted by Gasteiger charge is -2.30. The Labute approximate surface area is 217 Å². The Morgan fingerprint density at radius 2 is 1.63 bits per heavy atom. The van der Waals surface area contributed by atoms with Crippen LogP contribution in [-0.4, -0.2) is 56.8 Å². The van der Waals surface area contributed by atoms with E-state index in [4.69, 9.17) is 16.3 Å². The van der Waals surface area contributed by atoms with Crippen LogP contribution in [0, 0.1) is 47.5 Å². The smallest absolute Gasteiger partial charge is 0.376 e. The van der Waals surface area contributed by atoms with E-state index >= 15 is 0 Å². The van der Waals surface area contributed by atoms with Crippen molar-refractivity contribution in [3.63, 3.8) is 0 Å². The Hall–Kier alpha value is -2.90. The molecule has 0 atom stereocenters. The third kappa shape index (κ3) is 11.9. The fraction of sp³-hybridized carbons (Fsp3) is 0.458. The molecular weight excluding hydrogens is 506 g/mol. The first-order valence-electron chi connectivity index (χ1n) is 11.7. The number of aromatic nitrogens is 4. The molecule has 0 radical (unpaired) electrons. The summed E-state index contributed by atoms with van der Waals surface area (Å²) in [5.41, 5.74) is 0. The predicted molar refractivity (Wildman–Crippen MR) is 140 cm³/mol. The fourth-order valence-corrected chi connectivity index (χ4v) is 3.89. The van der Waals surface area contributed by atoms with E-state index < -0.39 is 0 Å². The van der Waals surface area contributed by atoms with Crippen LogP contribution in [0.3, 0.4) is 0 Å². The second-order valence-corrected chi connectivity index (χ2v) is 8.86. The number of nitrogens with zero attached hydrogens (tertiary/aromatic N) is 6. The molecule has 4 heterocycles. The van der Waals surface area contributed by atoms with E-state index in [0.717, 1.165) is 51.4 Å². The summed E-state index contributed by atoms with van der Waals surface area (Å²) in [6.07, 6.45) is 19.6. The summed E-state index contributed by atoms with van der Waals surface area (Å²) in [6, 6.07) is 3.54. The summed E-state index contributed by atoms with van der Waals surface area (Å²) in [7, 11) is -0.311. The normalized spacial score (nSPS) is 16.0. The van der Waals surface area contributed by atoms with Gasteiger partial charge in [-0.2, -0.15) is 5.26 Å². The first-order valence-corrected chi connectivity index (χ1v) is 12.4. The van der Waals surface area contributed by atoms with Crippen molar-refractivity contribution in [1.29, 1.82) is 5.26 Å². The van der Waals surface area contributed by atoms with E-state index in [0.29, 0.717) is 22.4 Å². The molecule has 35 heavy (non-hydrogen) atoms. The van der Waals surface area contributed by atoms with Crippen molar-refractivity contribution < 1.29 is 9.68 Å². The summed E-state index contributed by atoms with van der Waals surface area (Å²) in [5.74, 6) is 10.3. The van der Waals surface area contributed by atoms with Gasteiger partial charge in [0, 0.05) is 36.6 Å². The van der Waals surface area contributed by atoms with Gasteiger partial charge in [-0.25, -0.2) is 19.9 Å². The number of hydrogen-bond acceptors (Lipinski definition) is 8. The van der Waals surface area contributed by atoms with Crippen molar-refractivity contribution in [3.05, 3.63) is 47.5 Å². The highest BCUT2D eigenvalue weighted by molar-refractivity contribution is 9.10. The van der Waals surface area contributed by atoms with Gasteiger partial charge in [0.2, 0.25) is 5.82 Å². The van der Waals surface area contributed by atoms with Gasteiger partial charge < -0.3 is 14.5 Å². The zero-order chi connectivity index (χ0) is 25.3. The van der Waals surface area contributed by atoms with Crippen molar-refractivity contribution in [1.82, 2.24) is 24.7 Å². The van der Waals surface area contributed by atoms with Gasteiger partial charge in [-0.05, 0) is 92.2 Å². The monoisotopic (exact) mass is 534 g/mol. The second-order valence-electron chi connectivity index (χ2n) is 8.15. The molecule has 0 spiro atoms. The molecule has 0 aromatic carbocycles. The standard InChI is InChI=1S/C12H12BN3O.C8H14BNO.C4H3BrN2/c14-10-17-13-6-4-11(5-7-13)2-3-12-15-8-1-9-16-12;1-3-8-4-6-10(7-5-8)9(2)11;5-4-6-2-1-3-7-4/h1,8-9,11H,4-7H2;1,8,11H,4-7H2,2H3;1-3H. The quantitative estimate of drug-likeness (QED) is 0.270. The Kier molecular flexibility index (Phi) is 13.5. The van der Waals surface area contributed by atoms with Crippen LogP contribution in [0.15, 0.2) is 41.7 Å². The van der Waals surface area contributed by atoms with Crippen LogP contribution in [0.4, 0.5) is 0 Å². The maximum absolute atomic E-state index is 9.21. The average Bonchev–Trinajstić information content (AvgIpc) is 2.90. The number of rotatable bonds is 2. The number of nitriles is 1. The minimum absolute atomic E-state index is 0.0889. The van der Waals surface area contributed by atoms with Crippen LogP contribution in [0.5, 0.6) is 0 Å². The molecule has 2 fully saturated rings. The highest BCUT2D eigenvalue weighted by atomic mass is 79.9. The van der Waals surface area contributed by atoms with E-state index in [1.54, 1.807) is 50.0 Å². The summed E-state index contributed by atoms with van der Waals surface area (Å²) in [4.78, 5) is 17.7. The Balaban J connectivity index is 0.000000205. The number of terminal acetylenes is 1. The number of halogens is 1. The molecule has 2 aliphatic rings. The second kappa shape index (κ2) is 16.7. The molecule has 180 valence electrons. The molecule has 11 heteroatoms. The van der Waals surface area contributed by atoms with Gasteiger partial charge in [-0.1, -0.05) is 5.92 Å². The van der Waals surface area contributed by atoms with Gasteiger partial charge in [-0.3, -0.25) is 0 Å². The highest BCUT2D eigenvalue weighted by Gasteiger charge is 2.25. The van der Waals surface area contributed by atoms with Gasteiger partial charge >= 0.3 is 14.0 Å². The largest absolute Gasteiger partial charge is 0.498 e. The molecule has 0 unspecified atom stereocenters. The predicted octanol–water partition coefficient (Wildman–Crippen LogP) is 3.41. The Bertz CT molecular complexity index is 992. The van der Waals surface area contributed by atoms with Crippen molar-refractivity contribution >= 4 is 29.9 Å². The highest BCUT2D eigenvalue weighted by Crippen LogP contribution is 2.25. The fourth-order valence-electron chi connectivity index (χ4n) is 3.65. The third-order valence-corrected chi connectivity index (χ3v) is 6.08. The van der Waals surface area contributed by atoms with E-state index in [-0.39, 0.29) is 14.0 Å². The molecule has 0 amide bonds. The molecule has 2 saturated heterocycles. The molecule has 8 nitrogen and oxygen atoms in total. The SMILES string of the molecule is Brc1ncccn1.C#CC1CCN(B(C)O)CC1.N#COB1CCC(C#Cc2ncccn2)CC1. The molecule has 4 rings (SSSR count). The zero-order valence-electron chi connectivity index (χ0n) is 19.9. The molecule has 1 N–H and O–H groups in total. The lowest BCUT2D eigenvalue weighted by molar-refractivity contribution is 0.282. The maximum Gasteiger partial charge on any atom is 0.376 e. The molecule has 2 aromatic rings. The van der Waals surface area contributed by atoms with Crippen molar-refractivity contribution in [3.8, 4) is 30.4 Å².